The molecule has 2 aliphatic rings. The smallest absolute Gasteiger partial charge is 0.261 e. The summed E-state index contributed by atoms with van der Waals surface area (Å²) < 4.78 is 53.0. The van der Waals surface area contributed by atoms with Crippen molar-refractivity contribution in [1.29, 1.82) is 0 Å². The second-order valence-corrected chi connectivity index (χ2v) is 10.5. The van der Waals surface area contributed by atoms with Crippen molar-refractivity contribution in [2.45, 2.75) is 30.7 Å². The first kappa shape index (κ1) is 23.2. The third-order valence-corrected chi connectivity index (χ3v) is 7.51. The molecular weight excluding hydrogens is 471 g/mol. The van der Waals surface area contributed by atoms with Crippen LogP contribution < -0.4 is 19.5 Å². The van der Waals surface area contributed by atoms with E-state index in [-0.39, 0.29) is 22.5 Å². The van der Waals surface area contributed by atoms with E-state index in [1.165, 1.54) is 24.3 Å². The Bertz CT molecular complexity index is 1390. The van der Waals surface area contributed by atoms with E-state index < -0.39 is 15.8 Å². The van der Waals surface area contributed by atoms with Crippen molar-refractivity contribution in [2.75, 3.05) is 17.9 Å². The van der Waals surface area contributed by atoms with Crippen molar-refractivity contribution in [3.8, 4) is 11.5 Å². The Balaban J connectivity index is 1.34. The number of halogens is 1. The van der Waals surface area contributed by atoms with Gasteiger partial charge >= 0.3 is 0 Å². The van der Waals surface area contributed by atoms with Crippen LogP contribution in [0.1, 0.15) is 40.4 Å². The third-order valence-electron chi connectivity index (χ3n) is 6.14. The summed E-state index contributed by atoms with van der Waals surface area (Å²) in [6.07, 6.45) is 2.01. The van der Waals surface area contributed by atoms with Gasteiger partial charge < -0.3 is 14.8 Å². The van der Waals surface area contributed by atoms with Crippen molar-refractivity contribution in [2.24, 2.45) is 5.92 Å². The summed E-state index contributed by atoms with van der Waals surface area (Å²) in [5, 5.41) is 3.09. The molecule has 0 spiro atoms. The molecule has 1 saturated carbocycles. The molecule has 35 heavy (non-hydrogen) atoms. The predicted octanol–water partition coefficient (Wildman–Crippen LogP) is 4.59. The summed E-state index contributed by atoms with van der Waals surface area (Å²) in [7, 11) is -4.02. The number of ether oxygens (including phenoxy) is 2. The number of rotatable bonds is 7. The van der Waals surface area contributed by atoms with Crippen molar-refractivity contribution in [3.05, 3.63) is 83.2 Å². The molecule has 0 bridgehead atoms. The number of anilines is 1. The van der Waals surface area contributed by atoms with Gasteiger partial charge in [0.25, 0.3) is 15.9 Å². The number of hydrogen-bond donors (Lipinski definition) is 2. The van der Waals surface area contributed by atoms with Crippen LogP contribution in [-0.2, 0) is 10.0 Å². The molecule has 3 aromatic carbocycles. The van der Waals surface area contributed by atoms with Crippen LogP contribution in [0.15, 0.2) is 65.6 Å². The average Bonchev–Trinajstić information content (AvgIpc) is 3.69. The Labute approximate surface area is 203 Å². The number of benzene rings is 3. The minimum atomic E-state index is -4.02. The first-order valence-corrected chi connectivity index (χ1v) is 12.9. The first-order valence-electron chi connectivity index (χ1n) is 11.4. The maximum absolute atomic E-state index is 13.9. The van der Waals surface area contributed by atoms with Crippen LogP contribution >= 0.6 is 0 Å². The Morgan fingerprint density at radius 1 is 1.00 bits per heavy atom. The summed E-state index contributed by atoms with van der Waals surface area (Å²) in [5.41, 5.74) is 1.80. The van der Waals surface area contributed by atoms with Gasteiger partial charge in [0.1, 0.15) is 19.0 Å². The van der Waals surface area contributed by atoms with Crippen LogP contribution in [0.3, 0.4) is 0 Å². The largest absolute Gasteiger partial charge is 0.486 e. The Morgan fingerprint density at radius 2 is 1.77 bits per heavy atom. The monoisotopic (exact) mass is 496 g/mol. The normalized spacial score (nSPS) is 15.8. The predicted molar refractivity (Wildman–Crippen MR) is 129 cm³/mol. The zero-order chi connectivity index (χ0) is 24.6. The number of carbonyl (C=O) groups excluding carboxylic acids is 1. The molecule has 1 aliphatic heterocycles. The van der Waals surface area contributed by atoms with Gasteiger partial charge in [-0.15, -0.1) is 0 Å². The highest BCUT2D eigenvalue weighted by atomic mass is 32.2. The van der Waals surface area contributed by atoms with Crippen LogP contribution in [-0.4, -0.2) is 27.5 Å². The molecule has 2 N–H and O–H groups in total. The fraction of sp³-hybridized carbons (Fsp3) is 0.269. The lowest BCUT2D eigenvalue weighted by molar-refractivity contribution is 0.0931. The molecule has 0 radical (unpaired) electrons. The third kappa shape index (κ3) is 5.09. The van der Waals surface area contributed by atoms with Gasteiger partial charge in [0.2, 0.25) is 0 Å². The molecule has 3 aromatic rings. The van der Waals surface area contributed by atoms with Crippen LogP contribution in [0.25, 0.3) is 0 Å². The standard InChI is InChI=1S/C26H25FN2O5S/c1-16-5-9-21(15-22(16)27)35(31,32)29-20-4-2-3-19(13-20)26(30)28-25(17-6-7-17)18-8-10-23-24(14-18)34-12-11-33-23/h2-5,8-10,13-15,17,25,29H,6-7,11-12H2,1H3,(H,28,30). The second-order valence-electron chi connectivity index (χ2n) is 8.79. The quantitative estimate of drug-likeness (QED) is 0.499. The van der Waals surface area contributed by atoms with E-state index >= 15 is 0 Å². The number of fused-ring (bicyclic) bond motifs is 1. The summed E-state index contributed by atoms with van der Waals surface area (Å²) in [4.78, 5) is 12.9. The second kappa shape index (κ2) is 9.22. The number of aryl methyl sites for hydroxylation is 1. The van der Waals surface area contributed by atoms with Gasteiger partial charge in [-0.05, 0) is 79.3 Å². The van der Waals surface area contributed by atoms with Gasteiger partial charge in [0.05, 0.1) is 10.9 Å². The number of carbonyl (C=O) groups is 1. The van der Waals surface area contributed by atoms with Crippen molar-refractivity contribution in [3.63, 3.8) is 0 Å². The number of hydrogen-bond acceptors (Lipinski definition) is 5. The molecule has 1 fully saturated rings. The first-order chi connectivity index (χ1) is 16.8. The van der Waals surface area contributed by atoms with Crippen molar-refractivity contribution in [1.82, 2.24) is 5.32 Å². The molecule has 1 aliphatic carbocycles. The molecule has 1 amide bonds. The average molecular weight is 497 g/mol. The van der Waals surface area contributed by atoms with E-state index in [9.17, 15) is 17.6 Å². The summed E-state index contributed by atoms with van der Waals surface area (Å²) in [6, 6.07) is 15.4. The molecular formula is C26H25FN2O5S. The van der Waals surface area contributed by atoms with Gasteiger partial charge in [-0.25, -0.2) is 12.8 Å². The maximum atomic E-state index is 13.9. The van der Waals surface area contributed by atoms with Gasteiger partial charge in [0.15, 0.2) is 11.5 Å². The lowest BCUT2D eigenvalue weighted by Gasteiger charge is -2.23. The van der Waals surface area contributed by atoms with Crippen LogP contribution in [0.4, 0.5) is 10.1 Å². The lowest BCUT2D eigenvalue weighted by atomic mass is 10.0. The molecule has 9 heteroatoms. The Hall–Kier alpha value is -3.59. The lowest BCUT2D eigenvalue weighted by Crippen LogP contribution is -2.30. The highest BCUT2D eigenvalue weighted by Gasteiger charge is 2.34. The fourth-order valence-corrected chi connectivity index (χ4v) is 5.12. The molecule has 5 rings (SSSR count). The molecule has 0 saturated heterocycles. The van der Waals surface area contributed by atoms with Crippen molar-refractivity contribution >= 4 is 21.6 Å². The van der Waals surface area contributed by atoms with E-state index in [1.807, 2.05) is 18.2 Å². The molecule has 7 nitrogen and oxygen atoms in total. The minimum Gasteiger partial charge on any atom is -0.486 e. The maximum Gasteiger partial charge on any atom is 0.261 e. The SMILES string of the molecule is Cc1ccc(S(=O)(=O)Nc2cccc(C(=O)NC(c3ccc4c(c3)OCCO4)C3CC3)c2)cc1F. The Kier molecular flexibility index (Phi) is 6.10. The van der Waals surface area contributed by atoms with E-state index in [2.05, 4.69) is 10.0 Å². The molecule has 1 atom stereocenters. The number of amides is 1. The van der Waals surface area contributed by atoms with Crippen LogP contribution in [0.2, 0.25) is 0 Å². The molecule has 1 heterocycles. The molecule has 0 aromatic heterocycles. The molecule has 182 valence electrons. The van der Waals surface area contributed by atoms with E-state index in [0.29, 0.717) is 41.8 Å². The molecule has 1 unspecified atom stereocenters. The fourth-order valence-electron chi connectivity index (χ4n) is 4.06. The highest BCUT2D eigenvalue weighted by Crippen LogP contribution is 2.43. The van der Waals surface area contributed by atoms with E-state index in [4.69, 9.17) is 9.47 Å². The summed E-state index contributed by atoms with van der Waals surface area (Å²) >= 11 is 0. The summed E-state index contributed by atoms with van der Waals surface area (Å²) in [5.74, 6) is 0.747. The van der Waals surface area contributed by atoms with Gasteiger partial charge in [0, 0.05) is 11.3 Å². The van der Waals surface area contributed by atoms with Gasteiger partial charge in [-0.1, -0.05) is 18.2 Å². The number of nitrogens with one attached hydrogen (secondary N) is 2. The van der Waals surface area contributed by atoms with E-state index in [0.717, 1.165) is 24.5 Å². The zero-order valence-corrected chi connectivity index (χ0v) is 19.9. The van der Waals surface area contributed by atoms with E-state index in [1.54, 1.807) is 19.1 Å². The van der Waals surface area contributed by atoms with Gasteiger partial charge in [-0.3, -0.25) is 9.52 Å². The topological polar surface area (TPSA) is 93.7 Å². The highest BCUT2D eigenvalue weighted by molar-refractivity contribution is 7.92. The van der Waals surface area contributed by atoms with Crippen molar-refractivity contribution < 1.29 is 27.1 Å². The van der Waals surface area contributed by atoms with Gasteiger partial charge in [-0.2, -0.15) is 0 Å². The van der Waals surface area contributed by atoms with Crippen LogP contribution in [0.5, 0.6) is 11.5 Å². The zero-order valence-electron chi connectivity index (χ0n) is 19.1. The van der Waals surface area contributed by atoms with Crippen LogP contribution in [0, 0.1) is 18.7 Å². The summed E-state index contributed by atoms with van der Waals surface area (Å²) in [6.45, 7) is 2.55. The Morgan fingerprint density at radius 3 is 2.51 bits per heavy atom. The minimum absolute atomic E-state index is 0.192. The number of sulfonamides is 1.